The van der Waals surface area contributed by atoms with Crippen LogP contribution in [0.1, 0.15) is 232 Å². The van der Waals surface area contributed by atoms with Crippen molar-refractivity contribution < 1.29 is 42.9 Å². The van der Waals surface area contributed by atoms with Gasteiger partial charge in [-0.3, -0.25) is 9.59 Å². The third-order valence-electron chi connectivity index (χ3n) is 11.8. The molecule has 388 valence electrons. The number of carboxylic acids is 1. The summed E-state index contributed by atoms with van der Waals surface area (Å²) in [6, 6.07) is 0. The van der Waals surface area contributed by atoms with Crippen LogP contribution < -0.4 is 5.11 Å². The molecule has 0 spiro atoms. The van der Waals surface area contributed by atoms with Crippen molar-refractivity contribution in [3.05, 3.63) is 60.8 Å². The molecule has 0 aliphatic rings. The van der Waals surface area contributed by atoms with Gasteiger partial charge < -0.3 is 33.3 Å². The van der Waals surface area contributed by atoms with Crippen molar-refractivity contribution in [3.8, 4) is 0 Å². The average molecular weight is 942 g/mol. The summed E-state index contributed by atoms with van der Waals surface area (Å²) in [5.74, 6) is -2.29. The van der Waals surface area contributed by atoms with E-state index >= 15 is 0 Å². The number of rotatable bonds is 50. The molecule has 0 aromatic carbocycles. The van der Waals surface area contributed by atoms with E-state index in [2.05, 4.69) is 74.6 Å². The van der Waals surface area contributed by atoms with E-state index in [1.54, 1.807) is 0 Å². The average Bonchev–Trinajstić information content (AvgIpc) is 3.29. The fraction of sp³-hybridized carbons (Fsp3) is 0.776. The molecule has 0 rings (SSSR count). The fourth-order valence-electron chi connectivity index (χ4n) is 7.56. The van der Waals surface area contributed by atoms with Crippen molar-refractivity contribution in [1.82, 2.24) is 0 Å². The molecule has 0 heterocycles. The van der Waals surface area contributed by atoms with E-state index < -0.39 is 24.3 Å². The quantitative estimate of drug-likeness (QED) is 0.0195. The van der Waals surface area contributed by atoms with Gasteiger partial charge in [-0.05, 0) is 57.8 Å². The number of allylic oxidation sites excluding steroid dienone is 10. The van der Waals surface area contributed by atoms with Crippen LogP contribution in [0.2, 0.25) is 0 Å². The molecule has 0 saturated carbocycles. The minimum atomic E-state index is -1.62. The van der Waals surface area contributed by atoms with Gasteiger partial charge in [-0.25, -0.2) is 0 Å². The molecule has 67 heavy (non-hydrogen) atoms. The first-order chi connectivity index (χ1) is 32.6. The van der Waals surface area contributed by atoms with E-state index in [-0.39, 0.29) is 38.6 Å². The zero-order chi connectivity index (χ0) is 49.2. The zero-order valence-corrected chi connectivity index (χ0v) is 44.0. The highest BCUT2D eigenvalue weighted by atomic mass is 16.7. The molecule has 0 aromatic heterocycles. The molecule has 0 amide bonds. The lowest BCUT2D eigenvalue weighted by molar-refractivity contribution is -0.870. The number of hydrogen-bond acceptors (Lipinski definition) is 8. The molecule has 0 bridgehead atoms. The number of esters is 2. The standard InChI is InChI=1S/C58H103NO8/c1-6-8-10-12-13-14-15-16-17-18-19-20-21-22-23-24-25-26-27-28-29-30-31-32-33-34-35-36-37-38-39-40-41-42-43-45-47-49-56(61)67-54(52-65-55(60)48-46-44-11-9-7-2)53-66-58(57(62)63)64-51-50-59(3,4)5/h8,10,13-14,16-17,19-20,22-23,54,58H,6-7,9,11-12,15,18,21,24-53H2,1-5H3/b10-8-,14-13-,17-16-,20-19-,23-22-. The molecule has 0 aromatic rings. The Balaban J connectivity index is 3.84. The van der Waals surface area contributed by atoms with Crippen molar-refractivity contribution in [2.75, 3.05) is 47.5 Å². The Morgan fingerprint density at radius 3 is 1.27 bits per heavy atom. The van der Waals surface area contributed by atoms with Gasteiger partial charge in [0.15, 0.2) is 12.4 Å². The lowest BCUT2D eigenvalue weighted by atomic mass is 10.0. The van der Waals surface area contributed by atoms with Gasteiger partial charge in [0.25, 0.3) is 0 Å². The predicted molar refractivity (Wildman–Crippen MR) is 278 cm³/mol. The molecule has 0 radical (unpaired) electrons. The molecule has 0 fully saturated rings. The van der Waals surface area contributed by atoms with Crippen LogP contribution in [0.3, 0.4) is 0 Å². The molecule has 9 heteroatoms. The summed E-state index contributed by atoms with van der Waals surface area (Å²) in [5.41, 5.74) is 0. The minimum Gasteiger partial charge on any atom is -0.545 e. The number of hydrogen-bond donors (Lipinski definition) is 0. The first-order valence-corrected chi connectivity index (χ1v) is 27.4. The summed E-state index contributed by atoms with van der Waals surface area (Å²) in [6.07, 6.45) is 59.2. The van der Waals surface area contributed by atoms with E-state index in [0.29, 0.717) is 17.4 Å². The Kier molecular flexibility index (Phi) is 47.2. The largest absolute Gasteiger partial charge is 0.545 e. The molecular formula is C58H103NO8. The molecule has 2 unspecified atom stereocenters. The van der Waals surface area contributed by atoms with Gasteiger partial charge in [0.05, 0.1) is 40.3 Å². The van der Waals surface area contributed by atoms with Crippen molar-refractivity contribution in [2.45, 2.75) is 245 Å². The molecule has 0 N–H and O–H groups in total. The van der Waals surface area contributed by atoms with Crippen molar-refractivity contribution in [1.29, 1.82) is 0 Å². The molecular weight excluding hydrogens is 839 g/mol. The highest BCUT2D eigenvalue weighted by Crippen LogP contribution is 2.16. The third kappa shape index (κ3) is 50.7. The number of ether oxygens (including phenoxy) is 4. The number of carbonyl (C=O) groups is 3. The second kappa shape index (κ2) is 49.4. The van der Waals surface area contributed by atoms with E-state index in [9.17, 15) is 19.5 Å². The van der Waals surface area contributed by atoms with Gasteiger partial charge in [-0.2, -0.15) is 0 Å². The smallest absolute Gasteiger partial charge is 0.306 e. The summed E-state index contributed by atoms with van der Waals surface area (Å²) in [7, 11) is 5.90. The Bertz CT molecular complexity index is 1280. The van der Waals surface area contributed by atoms with Gasteiger partial charge >= 0.3 is 11.9 Å². The maximum atomic E-state index is 12.7. The van der Waals surface area contributed by atoms with Gasteiger partial charge in [0.1, 0.15) is 13.2 Å². The number of quaternary nitrogens is 1. The summed E-state index contributed by atoms with van der Waals surface area (Å²) in [4.78, 5) is 36.7. The molecule has 0 aliphatic heterocycles. The highest BCUT2D eigenvalue weighted by Gasteiger charge is 2.22. The lowest BCUT2D eigenvalue weighted by Gasteiger charge is -2.26. The van der Waals surface area contributed by atoms with Crippen molar-refractivity contribution in [2.24, 2.45) is 0 Å². The van der Waals surface area contributed by atoms with Crippen molar-refractivity contribution >= 4 is 17.9 Å². The number of likely N-dealkylation sites (N-methyl/N-ethyl adjacent to an activating group) is 1. The summed E-state index contributed by atoms with van der Waals surface area (Å²) < 4.78 is 22.4. The Labute approximate surface area is 412 Å². The normalized spacial score (nSPS) is 13.3. The van der Waals surface area contributed by atoms with E-state index in [0.717, 1.165) is 77.0 Å². The summed E-state index contributed by atoms with van der Waals surface area (Å²) in [5, 5.41) is 11.7. The van der Waals surface area contributed by atoms with Crippen LogP contribution in [0.25, 0.3) is 0 Å². The fourth-order valence-corrected chi connectivity index (χ4v) is 7.56. The van der Waals surface area contributed by atoms with E-state index in [1.807, 2.05) is 21.1 Å². The molecule has 0 aliphatic carbocycles. The molecule has 9 nitrogen and oxygen atoms in total. The van der Waals surface area contributed by atoms with Crippen LogP contribution in [-0.2, 0) is 33.3 Å². The summed E-state index contributed by atoms with van der Waals surface area (Å²) >= 11 is 0. The topological polar surface area (TPSA) is 111 Å². The van der Waals surface area contributed by atoms with E-state index in [1.165, 1.54) is 122 Å². The summed E-state index contributed by atoms with van der Waals surface area (Å²) in [6.45, 7) is 4.54. The van der Waals surface area contributed by atoms with Crippen LogP contribution in [0, 0.1) is 0 Å². The number of carbonyl (C=O) groups excluding carboxylic acids is 3. The van der Waals surface area contributed by atoms with Gasteiger partial charge in [-0.1, -0.05) is 222 Å². The van der Waals surface area contributed by atoms with Crippen LogP contribution >= 0.6 is 0 Å². The first kappa shape index (κ1) is 64.0. The maximum absolute atomic E-state index is 12.7. The Morgan fingerprint density at radius 2 is 0.851 bits per heavy atom. The van der Waals surface area contributed by atoms with Crippen molar-refractivity contribution in [3.63, 3.8) is 0 Å². The maximum Gasteiger partial charge on any atom is 0.306 e. The SMILES string of the molecule is CC/C=C\C/C=C\C/C=C\C/C=C\C/C=C\CCCCCCCCCCCCCCCCCCCCCCCC(=O)OC(COC(=O)CCCCCCC)COC(OCC[N+](C)(C)C)C(=O)[O-]. The highest BCUT2D eigenvalue weighted by molar-refractivity contribution is 5.70. The third-order valence-corrected chi connectivity index (χ3v) is 11.8. The minimum absolute atomic E-state index is 0.149. The van der Waals surface area contributed by atoms with Gasteiger partial charge in [-0.15, -0.1) is 0 Å². The molecule has 2 atom stereocenters. The van der Waals surface area contributed by atoms with Gasteiger partial charge in [0.2, 0.25) is 0 Å². The number of aliphatic carboxylic acids is 1. The first-order valence-electron chi connectivity index (χ1n) is 27.4. The van der Waals surface area contributed by atoms with Crippen LogP contribution in [-0.4, -0.2) is 82.3 Å². The van der Waals surface area contributed by atoms with Crippen LogP contribution in [0.4, 0.5) is 0 Å². The Morgan fingerprint density at radius 1 is 0.463 bits per heavy atom. The zero-order valence-electron chi connectivity index (χ0n) is 44.0. The number of nitrogens with zero attached hydrogens (tertiary/aromatic N) is 1. The second-order valence-electron chi connectivity index (χ2n) is 19.5. The monoisotopic (exact) mass is 942 g/mol. The Hall–Kier alpha value is -3.01. The van der Waals surface area contributed by atoms with Crippen LogP contribution in [0.5, 0.6) is 0 Å². The van der Waals surface area contributed by atoms with Crippen LogP contribution in [0.15, 0.2) is 60.8 Å². The second-order valence-corrected chi connectivity index (χ2v) is 19.5. The van der Waals surface area contributed by atoms with Gasteiger partial charge in [0, 0.05) is 12.8 Å². The predicted octanol–water partition coefficient (Wildman–Crippen LogP) is 14.3. The number of carboxylic acid groups (broad SMARTS) is 1. The number of unbranched alkanes of at least 4 members (excludes halogenated alkanes) is 25. The van der Waals surface area contributed by atoms with E-state index in [4.69, 9.17) is 18.9 Å². The molecule has 0 saturated heterocycles. The lowest BCUT2D eigenvalue weighted by Crippen LogP contribution is -2.44.